The third kappa shape index (κ3) is 3.67. The van der Waals surface area contributed by atoms with E-state index < -0.39 is 0 Å². The predicted octanol–water partition coefficient (Wildman–Crippen LogP) is 4.46. The first-order chi connectivity index (χ1) is 14.8. The lowest BCUT2D eigenvalue weighted by atomic mass is 10.1. The molecule has 30 heavy (non-hydrogen) atoms. The lowest BCUT2D eigenvalue weighted by molar-refractivity contribution is 0.288. The second-order valence-electron chi connectivity index (χ2n) is 7.47. The van der Waals surface area contributed by atoms with Gasteiger partial charge in [-0.1, -0.05) is 36.4 Å². The molecule has 0 spiro atoms. The third-order valence-electron chi connectivity index (χ3n) is 5.36. The van der Waals surface area contributed by atoms with Gasteiger partial charge in [0.1, 0.15) is 0 Å². The summed E-state index contributed by atoms with van der Waals surface area (Å²) in [5.41, 5.74) is 7.31. The number of imidazole rings is 1. The van der Waals surface area contributed by atoms with E-state index in [2.05, 4.69) is 58.5 Å². The second kappa shape index (κ2) is 8.05. The molecule has 1 N–H and O–H groups in total. The van der Waals surface area contributed by atoms with Crippen molar-refractivity contribution in [3.63, 3.8) is 0 Å². The Morgan fingerprint density at radius 2 is 1.73 bits per heavy atom. The molecule has 0 aliphatic carbocycles. The Kier molecular flexibility index (Phi) is 4.95. The van der Waals surface area contributed by atoms with E-state index in [-0.39, 0.29) is 6.61 Å². The van der Waals surface area contributed by atoms with Gasteiger partial charge in [0.05, 0.1) is 23.1 Å². The monoisotopic (exact) mass is 394 g/mol. The predicted molar refractivity (Wildman–Crippen MR) is 118 cm³/mol. The minimum absolute atomic E-state index is 0.219. The fourth-order valence-electron chi connectivity index (χ4n) is 3.76. The van der Waals surface area contributed by atoms with E-state index in [9.17, 15) is 0 Å². The molecule has 0 aliphatic heterocycles. The number of rotatable bonds is 6. The van der Waals surface area contributed by atoms with Gasteiger partial charge in [-0.15, -0.1) is 0 Å². The highest BCUT2D eigenvalue weighted by Gasteiger charge is 2.09. The van der Waals surface area contributed by atoms with E-state index in [0.717, 1.165) is 52.8 Å². The Labute approximate surface area is 174 Å². The van der Waals surface area contributed by atoms with Gasteiger partial charge in [0.2, 0.25) is 0 Å². The van der Waals surface area contributed by atoms with Crippen molar-refractivity contribution in [2.45, 2.75) is 19.3 Å². The van der Waals surface area contributed by atoms with E-state index in [0.29, 0.717) is 0 Å². The van der Waals surface area contributed by atoms with Crippen molar-refractivity contribution in [1.82, 2.24) is 19.6 Å². The summed E-state index contributed by atoms with van der Waals surface area (Å²) in [6.07, 6.45) is 6.14. The van der Waals surface area contributed by atoms with Gasteiger partial charge in [-0.25, -0.2) is 9.50 Å². The first-order valence-corrected chi connectivity index (χ1v) is 10.2. The Bertz CT molecular complexity index is 1310. The molecule has 3 aromatic heterocycles. The lowest BCUT2D eigenvalue weighted by Gasteiger charge is -2.07. The molecule has 148 valence electrons. The van der Waals surface area contributed by atoms with Crippen LogP contribution in [0.5, 0.6) is 0 Å². The van der Waals surface area contributed by atoms with Gasteiger partial charge in [-0.2, -0.15) is 5.10 Å². The summed E-state index contributed by atoms with van der Waals surface area (Å²) in [7, 11) is 0. The molecule has 0 saturated carbocycles. The average Bonchev–Trinajstić information content (AvgIpc) is 3.20. The maximum atomic E-state index is 9.00. The van der Waals surface area contributed by atoms with Gasteiger partial charge in [0.25, 0.3) is 0 Å². The molecule has 5 nitrogen and oxygen atoms in total. The van der Waals surface area contributed by atoms with E-state index in [1.165, 1.54) is 11.1 Å². The standard InChI is InChI=1S/C25H22N4O/c30-14-2-3-18-5-8-20(9-6-18)24-11-12-25-27-17-22(29(25)28-24)16-19-7-10-23-21(15-19)4-1-13-26-23/h1,4-13,15,17,30H,2-3,14,16H2. The maximum Gasteiger partial charge on any atom is 0.153 e. The van der Waals surface area contributed by atoms with E-state index in [4.69, 9.17) is 10.2 Å². The Morgan fingerprint density at radius 3 is 2.60 bits per heavy atom. The molecule has 0 radical (unpaired) electrons. The molecule has 5 aromatic rings. The number of aryl methyl sites for hydroxylation is 1. The SMILES string of the molecule is OCCCc1ccc(-c2ccc3ncc(Cc4ccc5ncccc5c4)n3n2)cc1. The quantitative estimate of drug-likeness (QED) is 0.462. The Balaban J connectivity index is 1.45. The first kappa shape index (κ1) is 18.5. The summed E-state index contributed by atoms with van der Waals surface area (Å²) in [5, 5.41) is 15.0. The van der Waals surface area contributed by atoms with Crippen molar-refractivity contribution >= 4 is 16.6 Å². The van der Waals surface area contributed by atoms with Gasteiger partial charge in [0, 0.05) is 30.2 Å². The highest BCUT2D eigenvalue weighted by molar-refractivity contribution is 5.79. The summed E-state index contributed by atoms with van der Waals surface area (Å²) in [5.74, 6) is 0. The van der Waals surface area contributed by atoms with E-state index in [1.807, 2.05) is 35.1 Å². The van der Waals surface area contributed by atoms with E-state index in [1.54, 1.807) is 0 Å². The number of hydrogen-bond acceptors (Lipinski definition) is 4. The molecule has 3 heterocycles. The third-order valence-corrected chi connectivity index (χ3v) is 5.36. The van der Waals surface area contributed by atoms with Gasteiger partial charge in [-0.05, 0) is 54.3 Å². The van der Waals surface area contributed by atoms with Crippen LogP contribution in [-0.4, -0.2) is 31.3 Å². The van der Waals surface area contributed by atoms with Crippen molar-refractivity contribution in [1.29, 1.82) is 0 Å². The number of aromatic nitrogens is 4. The summed E-state index contributed by atoms with van der Waals surface area (Å²) < 4.78 is 1.93. The van der Waals surface area contributed by atoms with E-state index >= 15 is 0 Å². The van der Waals surface area contributed by atoms with Crippen LogP contribution in [0.2, 0.25) is 0 Å². The zero-order valence-electron chi connectivity index (χ0n) is 16.6. The molecule has 5 heteroatoms. The summed E-state index contributed by atoms with van der Waals surface area (Å²) >= 11 is 0. The van der Waals surface area contributed by atoms with Crippen LogP contribution in [0.4, 0.5) is 0 Å². The molecular weight excluding hydrogens is 372 g/mol. The largest absolute Gasteiger partial charge is 0.396 e. The molecule has 0 atom stereocenters. The van der Waals surface area contributed by atoms with Crippen molar-refractivity contribution in [2.24, 2.45) is 0 Å². The highest BCUT2D eigenvalue weighted by Crippen LogP contribution is 2.21. The summed E-state index contributed by atoms with van der Waals surface area (Å²) in [6, 6.07) is 22.8. The van der Waals surface area contributed by atoms with Crippen LogP contribution < -0.4 is 0 Å². The normalized spacial score (nSPS) is 11.4. The van der Waals surface area contributed by atoms with Crippen LogP contribution in [0.3, 0.4) is 0 Å². The van der Waals surface area contributed by atoms with Crippen LogP contribution in [-0.2, 0) is 12.8 Å². The molecule has 0 fully saturated rings. The zero-order valence-corrected chi connectivity index (χ0v) is 16.6. The number of aliphatic hydroxyl groups is 1. The number of nitrogens with zero attached hydrogens (tertiary/aromatic N) is 4. The molecule has 0 aliphatic rings. The molecule has 2 aromatic carbocycles. The molecule has 0 bridgehead atoms. The number of hydrogen-bond donors (Lipinski definition) is 1. The van der Waals surface area contributed by atoms with Gasteiger partial charge in [0.15, 0.2) is 5.65 Å². The molecule has 5 rings (SSSR count). The van der Waals surface area contributed by atoms with Crippen molar-refractivity contribution in [3.8, 4) is 11.3 Å². The maximum absolute atomic E-state index is 9.00. The first-order valence-electron chi connectivity index (χ1n) is 10.2. The molecule has 0 unspecified atom stereocenters. The van der Waals surface area contributed by atoms with Gasteiger partial charge in [-0.3, -0.25) is 4.98 Å². The Hall–Kier alpha value is -3.57. The van der Waals surface area contributed by atoms with Crippen molar-refractivity contribution < 1.29 is 5.11 Å². The zero-order chi connectivity index (χ0) is 20.3. The summed E-state index contributed by atoms with van der Waals surface area (Å²) in [4.78, 5) is 8.92. The average molecular weight is 394 g/mol. The minimum atomic E-state index is 0.219. The summed E-state index contributed by atoms with van der Waals surface area (Å²) in [6.45, 7) is 0.219. The minimum Gasteiger partial charge on any atom is -0.396 e. The number of pyridine rings is 1. The second-order valence-corrected chi connectivity index (χ2v) is 7.47. The highest BCUT2D eigenvalue weighted by atomic mass is 16.2. The lowest BCUT2D eigenvalue weighted by Crippen LogP contribution is -2.00. The number of benzene rings is 2. The topological polar surface area (TPSA) is 63.3 Å². The molecule has 0 amide bonds. The smallest absolute Gasteiger partial charge is 0.153 e. The molecular formula is C25H22N4O. The van der Waals surface area contributed by atoms with Crippen LogP contribution >= 0.6 is 0 Å². The van der Waals surface area contributed by atoms with Gasteiger partial charge >= 0.3 is 0 Å². The van der Waals surface area contributed by atoms with Crippen LogP contribution in [0, 0.1) is 0 Å². The van der Waals surface area contributed by atoms with Crippen molar-refractivity contribution in [3.05, 3.63) is 95.9 Å². The fourth-order valence-corrected chi connectivity index (χ4v) is 3.76. The van der Waals surface area contributed by atoms with Gasteiger partial charge < -0.3 is 5.11 Å². The van der Waals surface area contributed by atoms with Crippen LogP contribution in [0.25, 0.3) is 27.8 Å². The van der Waals surface area contributed by atoms with Crippen LogP contribution in [0.15, 0.2) is 79.1 Å². The van der Waals surface area contributed by atoms with Crippen LogP contribution in [0.1, 0.15) is 23.2 Å². The van der Waals surface area contributed by atoms with Crippen molar-refractivity contribution in [2.75, 3.05) is 6.61 Å². The number of aliphatic hydroxyl groups excluding tert-OH is 1. The fraction of sp³-hybridized carbons (Fsp3) is 0.160. The Morgan fingerprint density at radius 1 is 0.867 bits per heavy atom. The number of fused-ring (bicyclic) bond motifs is 2. The molecule has 0 saturated heterocycles.